The van der Waals surface area contributed by atoms with Crippen LogP contribution in [0.25, 0.3) is 0 Å². The Labute approximate surface area is 118 Å². The summed E-state index contributed by atoms with van der Waals surface area (Å²) in [6, 6.07) is -1.82. The standard InChI is InChI=1S/C12H24N4O4/c1-12(2,3)8(9(17)18)15-10(19)13-6-7-14-11(20)16(4)5/h8H,6-7H2,1-5H3,(H,14,20)(H,17,18)(H2,13,15,19)/t8-/m1/s1. The molecule has 0 aliphatic rings. The summed E-state index contributed by atoms with van der Waals surface area (Å²) in [7, 11) is 3.21. The molecule has 4 N–H and O–H groups in total. The summed E-state index contributed by atoms with van der Waals surface area (Å²) in [4.78, 5) is 35.2. The molecule has 0 aliphatic heterocycles. The number of nitrogens with one attached hydrogen (secondary N) is 3. The van der Waals surface area contributed by atoms with Crippen molar-refractivity contribution < 1.29 is 19.5 Å². The molecule has 0 rings (SSSR count). The molecule has 0 aliphatic carbocycles. The summed E-state index contributed by atoms with van der Waals surface area (Å²) in [5.41, 5.74) is -0.595. The van der Waals surface area contributed by atoms with Gasteiger partial charge < -0.3 is 26.0 Å². The van der Waals surface area contributed by atoms with Crippen molar-refractivity contribution in [1.29, 1.82) is 0 Å². The Kier molecular flexibility index (Phi) is 6.81. The van der Waals surface area contributed by atoms with Gasteiger partial charge in [-0.15, -0.1) is 0 Å². The van der Waals surface area contributed by atoms with Crippen LogP contribution >= 0.6 is 0 Å². The van der Waals surface area contributed by atoms with Gasteiger partial charge in [0.2, 0.25) is 0 Å². The minimum absolute atomic E-state index is 0.210. The van der Waals surface area contributed by atoms with Gasteiger partial charge in [0.1, 0.15) is 6.04 Å². The molecule has 0 spiro atoms. The van der Waals surface area contributed by atoms with Gasteiger partial charge in [-0.2, -0.15) is 0 Å². The molecule has 0 fully saturated rings. The highest BCUT2D eigenvalue weighted by Crippen LogP contribution is 2.19. The molecular weight excluding hydrogens is 264 g/mol. The largest absolute Gasteiger partial charge is 0.480 e. The fourth-order valence-electron chi connectivity index (χ4n) is 1.33. The maximum atomic E-state index is 11.6. The van der Waals surface area contributed by atoms with Crippen molar-refractivity contribution in [2.75, 3.05) is 27.2 Å². The second-order valence-corrected chi connectivity index (χ2v) is 5.66. The normalized spacial score (nSPS) is 12.2. The fourth-order valence-corrected chi connectivity index (χ4v) is 1.33. The van der Waals surface area contributed by atoms with E-state index in [2.05, 4.69) is 16.0 Å². The lowest BCUT2D eigenvalue weighted by atomic mass is 9.87. The van der Waals surface area contributed by atoms with Crippen LogP contribution in [0, 0.1) is 5.41 Å². The first-order chi connectivity index (χ1) is 9.05. The number of carbonyl (C=O) groups is 3. The zero-order valence-electron chi connectivity index (χ0n) is 12.6. The van der Waals surface area contributed by atoms with Crippen LogP contribution in [-0.4, -0.2) is 61.3 Å². The number of hydrogen-bond acceptors (Lipinski definition) is 3. The molecule has 0 unspecified atom stereocenters. The number of carbonyl (C=O) groups excluding carboxylic acids is 2. The summed E-state index contributed by atoms with van der Waals surface area (Å²) in [6.07, 6.45) is 0. The third-order valence-electron chi connectivity index (χ3n) is 2.48. The maximum absolute atomic E-state index is 11.6. The summed E-state index contributed by atoms with van der Waals surface area (Å²) in [5.74, 6) is -1.09. The van der Waals surface area contributed by atoms with E-state index in [9.17, 15) is 14.4 Å². The number of aliphatic carboxylic acids is 1. The lowest BCUT2D eigenvalue weighted by Crippen LogP contribution is -2.53. The number of rotatable bonds is 5. The third-order valence-corrected chi connectivity index (χ3v) is 2.48. The van der Waals surface area contributed by atoms with Crippen LogP contribution in [0.15, 0.2) is 0 Å². The number of amides is 4. The van der Waals surface area contributed by atoms with Crippen LogP contribution in [-0.2, 0) is 4.79 Å². The van der Waals surface area contributed by atoms with Crippen LogP contribution in [0.1, 0.15) is 20.8 Å². The highest BCUT2D eigenvalue weighted by molar-refractivity contribution is 5.83. The van der Waals surface area contributed by atoms with Crippen molar-refractivity contribution in [2.24, 2.45) is 5.41 Å². The SMILES string of the molecule is CN(C)C(=O)NCCNC(=O)N[C@H](C(=O)O)C(C)(C)C. The van der Waals surface area contributed by atoms with Gasteiger partial charge in [-0.25, -0.2) is 14.4 Å². The maximum Gasteiger partial charge on any atom is 0.326 e. The Hall–Kier alpha value is -1.99. The second-order valence-electron chi connectivity index (χ2n) is 5.66. The van der Waals surface area contributed by atoms with Crippen LogP contribution in [0.2, 0.25) is 0 Å². The van der Waals surface area contributed by atoms with Gasteiger partial charge in [-0.1, -0.05) is 20.8 Å². The molecule has 1 atom stereocenters. The zero-order chi connectivity index (χ0) is 15.9. The van der Waals surface area contributed by atoms with Crippen LogP contribution in [0.3, 0.4) is 0 Å². The highest BCUT2D eigenvalue weighted by atomic mass is 16.4. The monoisotopic (exact) mass is 288 g/mol. The van der Waals surface area contributed by atoms with Gasteiger partial charge in [0, 0.05) is 27.2 Å². The van der Waals surface area contributed by atoms with Gasteiger partial charge >= 0.3 is 18.0 Å². The number of nitrogens with zero attached hydrogens (tertiary/aromatic N) is 1. The van der Waals surface area contributed by atoms with Gasteiger partial charge in [0.05, 0.1) is 0 Å². The van der Waals surface area contributed by atoms with Crippen LogP contribution < -0.4 is 16.0 Å². The zero-order valence-corrected chi connectivity index (χ0v) is 12.6. The van der Waals surface area contributed by atoms with Gasteiger partial charge in [-0.3, -0.25) is 0 Å². The van der Waals surface area contributed by atoms with E-state index in [1.807, 2.05) is 0 Å². The van der Waals surface area contributed by atoms with Crippen molar-refractivity contribution in [1.82, 2.24) is 20.9 Å². The van der Waals surface area contributed by atoms with Crippen molar-refractivity contribution in [3.05, 3.63) is 0 Å². The molecule has 0 saturated carbocycles. The number of carboxylic acids is 1. The fraction of sp³-hybridized carbons (Fsp3) is 0.750. The van der Waals surface area contributed by atoms with Crippen LogP contribution in [0.4, 0.5) is 9.59 Å². The lowest BCUT2D eigenvalue weighted by molar-refractivity contribution is -0.141. The molecule has 0 heterocycles. The molecule has 0 saturated heterocycles. The van der Waals surface area contributed by atoms with E-state index in [-0.39, 0.29) is 19.1 Å². The minimum Gasteiger partial charge on any atom is -0.480 e. The lowest BCUT2D eigenvalue weighted by Gasteiger charge is -2.27. The number of urea groups is 2. The van der Waals surface area contributed by atoms with Gasteiger partial charge in [0.15, 0.2) is 0 Å². The van der Waals surface area contributed by atoms with E-state index in [1.54, 1.807) is 34.9 Å². The topological polar surface area (TPSA) is 111 Å². The summed E-state index contributed by atoms with van der Waals surface area (Å²) in [6.45, 7) is 5.65. The van der Waals surface area contributed by atoms with Gasteiger partial charge in [-0.05, 0) is 5.41 Å². The molecule has 0 bridgehead atoms. The molecule has 116 valence electrons. The summed E-state index contributed by atoms with van der Waals surface area (Å²) < 4.78 is 0. The van der Waals surface area contributed by atoms with E-state index < -0.39 is 23.5 Å². The van der Waals surface area contributed by atoms with E-state index in [0.29, 0.717) is 0 Å². The van der Waals surface area contributed by atoms with E-state index in [0.717, 1.165) is 0 Å². The van der Waals surface area contributed by atoms with Crippen molar-refractivity contribution in [3.63, 3.8) is 0 Å². The molecule has 8 heteroatoms. The Morgan fingerprint density at radius 2 is 1.60 bits per heavy atom. The predicted molar refractivity (Wildman–Crippen MR) is 74.5 cm³/mol. The minimum atomic E-state index is -1.09. The first-order valence-corrected chi connectivity index (χ1v) is 6.28. The van der Waals surface area contributed by atoms with Crippen molar-refractivity contribution in [2.45, 2.75) is 26.8 Å². The molecule has 0 aromatic carbocycles. The Bertz CT molecular complexity index is 363. The highest BCUT2D eigenvalue weighted by Gasteiger charge is 2.32. The molecule has 0 aromatic heterocycles. The molecular formula is C12H24N4O4. The number of carboxylic acid groups (broad SMARTS) is 1. The average molecular weight is 288 g/mol. The number of hydrogen-bond donors (Lipinski definition) is 4. The first kappa shape index (κ1) is 18.0. The average Bonchev–Trinajstić information content (AvgIpc) is 2.29. The van der Waals surface area contributed by atoms with E-state index in [4.69, 9.17) is 5.11 Å². The second kappa shape index (κ2) is 7.56. The molecule has 0 aromatic rings. The molecule has 4 amide bonds. The molecule has 8 nitrogen and oxygen atoms in total. The van der Waals surface area contributed by atoms with E-state index in [1.165, 1.54) is 4.90 Å². The third kappa shape index (κ3) is 6.81. The Morgan fingerprint density at radius 3 is 2.00 bits per heavy atom. The Morgan fingerprint density at radius 1 is 1.10 bits per heavy atom. The van der Waals surface area contributed by atoms with E-state index >= 15 is 0 Å². The Balaban J connectivity index is 4.11. The first-order valence-electron chi connectivity index (χ1n) is 6.28. The predicted octanol–water partition coefficient (Wildman–Crippen LogP) is 0.0561. The molecule has 0 radical (unpaired) electrons. The van der Waals surface area contributed by atoms with Crippen molar-refractivity contribution in [3.8, 4) is 0 Å². The van der Waals surface area contributed by atoms with Crippen molar-refractivity contribution >= 4 is 18.0 Å². The molecule has 20 heavy (non-hydrogen) atoms. The van der Waals surface area contributed by atoms with Gasteiger partial charge in [0.25, 0.3) is 0 Å². The van der Waals surface area contributed by atoms with Crippen LogP contribution in [0.5, 0.6) is 0 Å². The smallest absolute Gasteiger partial charge is 0.326 e. The summed E-state index contributed by atoms with van der Waals surface area (Å²) in [5, 5.41) is 16.5. The summed E-state index contributed by atoms with van der Waals surface area (Å²) >= 11 is 0. The quantitative estimate of drug-likeness (QED) is 0.536.